The van der Waals surface area contributed by atoms with Crippen LogP contribution in [0.5, 0.6) is 0 Å². The number of hydrogen-bond acceptors (Lipinski definition) is 5. The van der Waals surface area contributed by atoms with Crippen LogP contribution in [0.25, 0.3) is 0 Å². The highest BCUT2D eigenvalue weighted by Gasteiger charge is 2.26. The molecule has 152 valence electrons. The molecular formula is C19H38N4O3. The highest BCUT2D eigenvalue weighted by Crippen LogP contribution is 2.18. The maximum Gasteiger partial charge on any atom is 0.193 e. The van der Waals surface area contributed by atoms with Crippen molar-refractivity contribution in [2.24, 2.45) is 16.8 Å². The zero-order chi connectivity index (χ0) is 18.6. The highest BCUT2D eigenvalue weighted by molar-refractivity contribution is 5.80. The first-order valence-electron chi connectivity index (χ1n) is 10.00. The molecule has 0 aromatic rings. The number of piperidine rings is 1. The van der Waals surface area contributed by atoms with Gasteiger partial charge in [-0.25, -0.2) is 0 Å². The third-order valence-corrected chi connectivity index (χ3v) is 5.45. The zero-order valence-corrected chi connectivity index (χ0v) is 16.9. The molecule has 0 aromatic heterocycles. The molecule has 1 unspecified atom stereocenters. The monoisotopic (exact) mass is 370 g/mol. The fourth-order valence-electron chi connectivity index (χ4n) is 3.76. The molecule has 1 N–H and O–H groups in total. The van der Waals surface area contributed by atoms with Gasteiger partial charge < -0.3 is 29.3 Å². The average molecular weight is 371 g/mol. The van der Waals surface area contributed by atoms with Crippen LogP contribution in [0, 0.1) is 11.8 Å². The predicted octanol–water partition coefficient (Wildman–Crippen LogP) is 0.905. The van der Waals surface area contributed by atoms with Gasteiger partial charge in [0.2, 0.25) is 0 Å². The molecule has 7 nitrogen and oxygen atoms in total. The zero-order valence-electron chi connectivity index (χ0n) is 16.9. The fourth-order valence-corrected chi connectivity index (χ4v) is 3.76. The summed E-state index contributed by atoms with van der Waals surface area (Å²) in [4.78, 5) is 9.37. The Morgan fingerprint density at radius 1 is 1.00 bits per heavy atom. The van der Waals surface area contributed by atoms with Gasteiger partial charge in [0.25, 0.3) is 0 Å². The summed E-state index contributed by atoms with van der Waals surface area (Å²) in [5.74, 6) is 2.38. The Bertz CT molecular complexity index is 400. The van der Waals surface area contributed by atoms with Crippen LogP contribution in [-0.4, -0.2) is 103 Å². The van der Waals surface area contributed by atoms with Crippen LogP contribution < -0.4 is 5.32 Å². The van der Waals surface area contributed by atoms with Crippen molar-refractivity contribution in [3.63, 3.8) is 0 Å². The third-order valence-electron chi connectivity index (χ3n) is 5.45. The quantitative estimate of drug-likeness (QED) is 0.350. The van der Waals surface area contributed by atoms with E-state index in [1.807, 2.05) is 7.05 Å². The van der Waals surface area contributed by atoms with E-state index in [0.29, 0.717) is 19.1 Å². The van der Waals surface area contributed by atoms with Gasteiger partial charge in [0, 0.05) is 53.4 Å². The SMILES string of the molecule is CN=C(NCC1CCN(CCOC)CC1)N1CCC(COCCOC)C1. The van der Waals surface area contributed by atoms with Crippen LogP contribution in [0.4, 0.5) is 0 Å². The van der Waals surface area contributed by atoms with Crippen molar-refractivity contribution in [2.75, 3.05) is 87.0 Å². The van der Waals surface area contributed by atoms with Crippen molar-refractivity contribution in [3.8, 4) is 0 Å². The van der Waals surface area contributed by atoms with Gasteiger partial charge in [-0.05, 0) is 38.3 Å². The summed E-state index contributed by atoms with van der Waals surface area (Å²) in [5.41, 5.74) is 0. The number of methoxy groups -OCH3 is 2. The molecule has 0 bridgehead atoms. The van der Waals surface area contributed by atoms with Gasteiger partial charge in [-0.1, -0.05) is 0 Å². The smallest absolute Gasteiger partial charge is 0.193 e. The van der Waals surface area contributed by atoms with Crippen LogP contribution in [0.2, 0.25) is 0 Å². The Morgan fingerprint density at radius 3 is 2.42 bits per heavy atom. The molecule has 0 saturated carbocycles. The number of nitrogens with zero attached hydrogens (tertiary/aromatic N) is 3. The lowest BCUT2D eigenvalue weighted by Gasteiger charge is -2.32. The van der Waals surface area contributed by atoms with Crippen molar-refractivity contribution in [3.05, 3.63) is 0 Å². The largest absolute Gasteiger partial charge is 0.383 e. The minimum atomic E-state index is 0.592. The van der Waals surface area contributed by atoms with Gasteiger partial charge in [0.15, 0.2) is 5.96 Å². The average Bonchev–Trinajstić information content (AvgIpc) is 3.14. The Balaban J connectivity index is 1.62. The van der Waals surface area contributed by atoms with Gasteiger partial charge in [-0.2, -0.15) is 0 Å². The maximum absolute atomic E-state index is 5.69. The molecule has 0 aromatic carbocycles. The molecule has 2 fully saturated rings. The van der Waals surface area contributed by atoms with E-state index in [1.54, 1.807) is 14.2 Å². The Kier molecular flexibility index (Phi) is 10.3. The molecule has 26 heavy (non-hydrogen) atoms. The van der Waals surface area contributed by atoms with E-state index < -0.39 is 0 Å². The topological polar surface area (TPSA) is 58.6 Å². The van der Waals surface area contributed by atoms with Gasteiger partial charge in [-0.15, -0.1) is 0 Å². The van der Waals surface area contributed by atoms with Gasteiger partial charge in [0.1, 0.15) is 0 Å². The number of nitrogens with one attached hydrogen (secondary N) is 1. The summed E-state index contributed by atoms with van der Waals surface area (Å²) < 4.78 is 15.9. The number of likely N-dealkylation sites (tertiary alicyclic amines) is 2. The number of hydrogen-bond donors (Lipinski definition) is 1. The standard InChI is InChI=1S/C19H38N4O3/c1-20-19(23-9-6-18(15-23)16-26-13-12-25-3)21-14-17-4-7-22(8-5-17)10-11-24-2/h17-18H,4-16H2,1-3H3,(H,20,21). The first-order chi connectivity index (χ1) is 12.8. The van der Waals surface area contributed by atoms with E-state index >= 15 is 0 Å². The molecule has 1 atom stereocenters. The normalized spacial score (nSPS) is 23.0. The molecule has 2 aliphatic heterocycles. The van der Waals surface area contributed by atoms with Gasteiger partial charge in [-0.3, -0.25) is 4.99 Å². The summed E-state index contributed by atoms with van der Waals surface area (Å²) in [6, 6.07) is 0. The molecule has 0 aliphatic carbocycles. The summed E-state index contributed by atoms with van der Waals surface area (Å²) in [6.07, 6.45) is 3.68. The lowest BCUT2D eigenvalue weighted by atomic mass is 9.97. The molecule has 2 aliphatic rings. The molecule has 2 heterocycles. The van der Waals surface area contributed by atoms with Crippen molar-refractivity contribution in [1.29, 1.82) is 0 Å². The number of rotatable bonds is 10. The number of ether oxygens (including phenoxy) is 3. The summed E-state index contributed by atoms with van der Waals surface area (Å²) in [5, 5.41) is 3.61. The third kappa shape index (κ3) is 7.39. The molecule has 0 spiro atoms. The maximum atomic E-state index is 5.69. The van der Waals surface area contributed by atoms with E-state index in [2.05, 4.69) is 20.1 Å². The first kappa shape index (κ1) is 21.4. The highest BCUT2D eigenvalue weighted by atomic mass is 16.5. The second kappa shape index (κ2) is 12.5. The molecular weight excluding hydrogens is 332 g/mol. The molecule has 0 amide bonds. The van der Waals surface area contributed by atoms with E-state index in [-0.39, 0.29) is 0 Å². The van der Waals surface area contributed by atoms with Crippen molar-refractivity contribution in [1.82, 2.24) is 15.1 Å². The Morgan fingerprint density at radius 2 is 1.73 bits per heavy atom. The van der Waals surface area contributed by atoms with Crippen LogP contribution in [0.15, 0.2) is 4.99 Å². The van der Waals surface area contributed by atoms with Gasteiger partial charge >= 0.3 is 0 Å². The summed E-state index contributed by atoms with van der Waals surface area (Å²) >= 11 is 0. The Hall–Kier alpha value is -0.890. The number of aliphatic imine (C=N–C) groups is 1. The van der Waals surface area contributed by atoms with Crippen LogP contribution in [0.3, 0.4) is 0 Å². The lowest BCUT2D eigenvalue weighted by molar-refractivity contribution is 0.0536. The molecule has 0 radical (unpaired) electrons. The van der Waals surface area contributed by atoms with Crippen LogP contribution in [0.1, 0.15) is 19.3 Å². The second-order valence-electron chi connectivity index (χ2n) is 7.37. The fraction of sp³-hybridized carbons (Fsp3) is 0.947. The van der Waals surface area contributed by atoms with Crippen molar-refractivity contribution < 1.29 is 14.2 Å². The lowest BCUT2D eigenvalue weighted by Crippen LogP contribution is -2.44. The van der Waals surface area contributed by atoms with Gasteiger partial charge in [0.05, 0.1) is 26.4 Å². The predicted molar refractivity (Wildman–Crippen MR) is 105 cm³/mol. The summed E-state index contributed by atoms with van der Waals surface area (Å²) in [7, 11) is 5.37. The van der Waals surface area contributed by atoms with Crippen LogP contribution >= 0.6 is 0 Å². The molecule has 7 heteroatoms. The molecule has 2 rings (SSSR count). The Labute approximate surface area is 159 Å². The minimum absolute atomic E-state index is 0.592. The van der Waals surface area contributed by atoms with E-state index in [4.69, 9.17) is 14.2 Å². The molecule has 2 saturated heterocycles. The van der Waals surface area contributed by atoms with Crippen LogP contribution in [-0.2, 0) is 14.2 Å². The van der Waals surface area contributed by atoms with E-state index in [1.165, 1.54) is 32.4 Å². The van der Waals surface area contributed by atoms with Crippen molar-refractivity contribution in [2.45, 2.75) is 19.3 Å². The van der Waals surface area contributed by atoms with E-state index in [0.717, 1.165) is 51.3 Å². The summed E-state index contributed by atoms with van der Waals surface area (Å²) in [6.45, 7) is 9.54. The first-order valence-corrected chi connectivity index (χ1v) is 10.00. The number of guanidine groups is 1. The minimum Gasteiger partial charge on any atom is -0.383 e. The van der Waals surface area contributed by atoms with E-state index in [9.17, 15) is 0 Å². The van der Waals surface area contributed by atoms with Crippen molar-refractivity contribution >= 4 is 5.96 Å². The second-order valence-corrected chi connectivity index (χ2v) is 7.37.